The number of fused-ring (bicyclic) bond motifs is 3. The highest BCUT2D eigenvalue weighted by Crippen LogP contribution is 2.41. The number of amides is 1. The first-order valence-electron chi connectivity index (χ1n) is 7.25. The average Bonchev–Trinajstić information content (AvgIpc) is 2.98. The van der Waals surface area contributed by atoms with Gasteiger partial charge in [-0.05, 0) is 37.7 Å². The molecule has 108 valence electrons. The predicted molar refractivity (Wildman–Crippen MR) is 83.8 cm³/mol. The Hall–Kier alpha value is -1.82. The van der Waals surface area contributed by atoms with Crippen LogP contribution in [0.5, 0.6) is 0 Å². The quantitative estimate of drug-likeness (QED) is 0.813. The molecule has 4 rings (SSSR count). The normalized spacial score (nSPS) is 21.8. The highest BCUT2D eigenvalue weighted by molar-refractivity contribution is 7.19. The molecular formula is C15H16N4OS. The van der Waals surface area contributed by atoms with Crippen molar-refractivity contribution in [3.63, 3.8) is 0 Å². The zero-order valence-corrected chi connectivity index (χ0v) is 12.9. The summed E-state index contributed by atoms with van der Waals surface area (Å²) in [6, 6.07) is 0. The molecule has 1 aliphatic carbocycles. The number of nitrogens with zero attached hydrogens (tertiary/aromatic N) is 4. The van der Waals surface area contributed by atoms with E-state index in [0.717, 1.165) is 28.8 Å². The molecule has 2 aliphatic rings. The lowest BCUT2D eigenvalue weighted by atomic mass is 9.88. The zero-order chi connectivity index (χ0) is 14.6. The van der Waals surface area contributed by atoms with Crippen molar-refractivity contribution in [3.8, 4) is 0 Å². The Bertz CT molecular complexity index is 779. The molecule has 0 saturated carbocycles. The van der Waals surface area contributed by atoms with Gasteiger partial charge in [0.25, 0.3) is 5.91 Å². The van der Waals surface area contributed by atoms with Gasteiger partial charge in [0, 0.05) is 10.6 Å². The summed E-state index contributed by atoms with van der Waals surface area (Å²) in [7, 11) is 0. The lowest BCUT2D eigenvalue weighted by molar-refractivity contribution is -0.116. The number of rotatable bonds is 1. The van der Waals surface area contributed by atoms with Crippen molar-refractivity contribution in [1.29, 1.82) is 0 Å². The van der Waals surface area contributed by atoms with E-state index in [1.165, 1.54) is 21.9 Å². The van der Waals surface area contributed by atoms with Crippen LogP contribution in [0.2, 0.25) is 0 Å². The number of hydrogen-bond acceptors (Lipinski definition) is 5. The fraction of sp³-hybridized carbons (Fsp3) is 0.467. The molecule has 2 aromatic heterocycles. The molecule has 0 spiro atoms. The van der Waals surface area contributed by atoms with E-state index in [2.05, 4.69) is 22.0 Å². The minimum atomic E-state index is -0.00342. The van der Waals surface area contributed by atoms with Crippen LogP contribution in [0.25, 0.3) is 10.2 Å². The maximum Gasteiger partial charge on any atom is 0.254 e. The number of carbonyl (C=O) groups is 1. The first-order chi connectivity index (χ1) is 10.1. The number of thiophene rings is 1. The Labute approximate surface area is 126 Å². The van der Waals surface area contributed by atoms with Gasteiger partial charge >= 0.3 is 0 Å². The molecule has 0 aromatic carbocycles. The van der Waals surface area contributed by atoms with E-state index in [1.54, 1.807) is 17.7 Å². The minimum absolute atomic E-state index is 0.00342. The highest BCUT2D eigenvalue weighted by atomic mass is 32.1. The Kier molecular flexibility index (Phi) is 2.82. The van der Waals surface area contributed by atoms with Gasteiger partial charge in [-0.25, -0.2) is 9.97 Å². The molecule has 5 nitrogen and oxygen atoms in total. The highest BCUT2D eigenvalue weighted by Gasteiger charge is 2.29. The number of carbonyl (C=O) groups excluding carboxylic acids is 1. The number of aromatic nitrogens is 2. The molecule has 0 bridgehead atoms. The smallest absolute Gasteiger partial charge is 0.254 e. The lowest BCUT2D eigenvalue weighted by Crippen LogP contribution is -2.21. The number of hydrogen-bond donors (Lipinski definition) is 0. The first-order valence-corrected chi connectivity index (χ1v) is 8.07. The molecular weight excluding hydrogens is 284 g/mol. The van der Waals surface area contributed by atoms with E-state index in [4.69, 9.17) is 0 Å². The van der Waals surface area contributed by atoms with Crippen LogP contribution in [0.15, 0.2) is 11.4 Å². The van der Waals surface area contributed by atoms with Crippen molar-refractivity contribution >= 4 is 39.0 Å². The summed E-state index contributed by atoms with van der Waals surface area (Å²) < 4.78 is 0. The van der Waals surface area contributed by atoms with Gasteiger partial charge in [-0.3, -0.25) is 4.79 Å². The molecule has 0 saturated heterocycles. The van der Waals surface area contributed by atoms with Gasteiger partial charge in [0.05, 0.1) is 11.8 Å². The van der Waals surface area contributed by atoms with Crippen molar-refractivity contribution in [2.75, 3.05) is 5.01 Å². The first kappa shape index (κ1) is 12.9. The summed E-state index contributed by atoms with van der Waals surface area (Å²) in [5.74, 6) is 1.33. The maximum atomic E-state index is 12.1. The summed E-state index contributed by atoms with van der Waals surface area (Å²) in [5.41, 5.74) is 2.17. The van der Waals surface area contributed by atoms with E-state index in [-0.39, 0.29) is 5.91 Å². The van der Waals surface area contributed by atoms with Crippen LogP contribution in [-0.4, -0.2) is 21.6 Å². The monoisotopic (exact) mass is 300 g/mol. The molecule has 1 atom stereocenters. The van der Waals surface area contributed by atoms with Gasteiger partial charge < -0.3 is 0 Å². The largest absolute Gasteiger partial charge is 0.272 e. The van der Waals surface area contributed by atoms with Gasteiger partial charge in [-0.1, -0.05) is 6.92 Å². The van der Waals surface area contributed by atoms with Gasteiger partial charge in [-0.15, -0.1) is 11.3 Å². The molecule has 1 unspecified atom stereocenters. The summed E-state index contributed by atoms with van der Waals surface area (Å²) in [5, 5.41) is 6.85. The van der Waals surface area contributed by atoms with Crippen LogP contribution in [0.4, 0.5) is 5.82 Å². The fourth-order valence-electron chi connectivity index (χ4n) is 3.15. The van der Waals surface area contributed by atoms with E-state index < -0.39 is 0 Å². The maximum absolute atomic E-state index is 12.1. The second kappa shape index (κ2) is 4.59. The van der Waals surface area contributed by atoms with Crippen LogP contribution in [0.1, 0.15) is 37.1 Å². The Morgan fingerprint density at radius 2 is 2.24 bits per heavy atom. The van der Waals surface area contributed by atoms with Crippen LogP contribution in [0.3, 0.4) is 0 Å². The number of anilines is 1. The molecule has 2 aromatic rings. The predicted octanol–water partition coefficient (Wildman–Crippen LogP) is 2.93. The van der Waals surface area contributed by atoms with Crippen LogP contribution in [-0.2, 0) is 17.6 Å². The van der Waals surface area contributed by atoms with Crippen LogP contribution in [0, 0.1) is 5.92 Å². The second-order valence-corrected chi connectivity index (χ2v) is 7.03. The third-order valence-electron chi connectivity index (χ3n) is 4.18. The van der Waals surface area contributed by atoms with E-state index in [9.17, 15) is 4.79 Å². The second-order valence-electron chi connectivity index (χ2n) is 5.95. The lowest BCUT2D eigenvalue weighted by Gasteiger charge is -2.19. The number of hydrazone groups is 1. The van der Waals surface area contributed by atoms with E-state index in [0.29, 0.717) is 18.2 Å². The molecule has 1 aliphatic heterocycles. The molecule has 0 fully saturated rings. The van der Waals surface area contributed by atoms with E-state index >= 15 is 0 Å². The summed E-state index contributed by atoms with van der Waals surface area (Å²) in [4.78, 5) is 23.3. The minimum Gasteiger partial charge on any atom is -0.272 e. The molecule has 0 radical (unpaired) electrons. The Morgan fingerprint density at radius 3 is 3.00 bits per heavy atom. The molecule has 6 heteroatoms. The third kappa shape index (κ3) is 1.97. The van der Waals surface area contributed by atoms with E-state index in [1.807, 2.05) is 6.92 Å². The van der Waals surface area contributed by atoms with Gasteiger partial charge in [-0.2, -0.15) is 10.1 Å². The molecule has 21 heavy (non-hydrogen) atoms. The average molecular weight is 300 g/mol. The summed E-state index contributed by atoms with van der Waals surface area (Å²) in [6.45, 7) is 4.15. The molecule has 3 heterocycles. The standard InChI is InChI=1S/C15H16N4OS/c1-8-3-4-11-10(5-8)13-14(16-7-17-15(13)21-11)19-12(20)6-9(2)18-19/h7-8H,3-6H2,1-2H3. The third-order valence-corrected chi connectivity index (χ3v) is 5.38. The number of aryl methyl sites for hydroxylation is 1. The van der Waals surface area contributed by atoms with Crippen molar-refractivity contribution in [1.82, 2.24) is 9.97 Å². The van der Waals surface area contributed by atoms with Crippen molar-refractivity contribution in [2.24, 2.45) is 11.0 Å². The SMILES string of the molecule is CC1=NN(c2ncnc3sc4c(c23)CC(C)CC4)C(=O)C1. The van der Waals surface area contributed by atoms with Gasteiger partial charge in [0.15, 0.2) is 5.82 Å². The van der Waals surface area contributed by atoms with Gasteiger partial charge in [0.1, 0.15) is 11.2 Å². The van der Waals surface area contributed by atoms with Crippen LogP contribution < -0.4 is 5.01 Å². The molecule has 0 N–H and O–H groups in total. The topological polar surface area (TPSA) is 58.5 Å². The van der Waals surface area contributed by atoms with Crippen molar-refractivity contribution < 1.29 is 4.79 Å². The summed E-state index contributed by atoms with van der Waals surface area (Å²) in [6.07, 6.45) is 5.30. The zero-order valence-electron chi connectivity index (χ0n) is 12.1. The van der Waals surface area contributed by atoms with Crippen molar-refractivity contribution in [2.45, 2.75) is 39.5 Å². The summed E-state index contributed by atoms with van der Waals surface area (Å²) >= 11 is 1.74. The van der Waals surface area contributed by atoms with Gasteiger partial charge in [0.2, 0.25) is 0 Å². The van der Waals surface area contributed by atoms with Crippen molar-refractivity contribution in [3.05, 3.63) is 16.8 Å². The molecule has 1 amide bonds. The van der Waals surface area contributed by atoms with Crippen LogP contribution >= 0.6 is 11.3 Å². The Morgan fingerprint density at radius 1 is 1.38 bits per heavy atom. The fourth-order valence-corrected chi connectivity index (χ4v) is 4.33. The Balaban J connectivity index is 1.94.